The molecule has 4 aromatic rings. The summed E-state index contributed by atoms with van der Waals surface area (Å²) in [5.74, 6) is 0.0889. The quantitative estimate of drug-likeness (QED) is 0.501. The molecule has 0 saturated heterocycles. The van der Waals surface area contributed by atoms with Crippen LogP contribution in [0.25, 0.3) is 28.2 Å². The van der Waals surface area contributed by atoms with E-state index in [1.807, 2.05) is 19.1 Å². The molecule has 0 unspecified atom stereocenters. The van der Waals surface area contributed by atoms with Gasteiger partial charge in [-0.3, -0.25) is 0 Å². The van der Waals surface area contributed by atoms with E-state index in [0.29, 0.717) is 33.1 Å². The molecule has 26 heavy (non-hydrogen) atoms. The van der Waals surface area contributed by atoms with Gasteiger partial charge in [0.1, 0.15) is 5.69 Å². The van der Waals surface area contributed by atoms with Crippen LogP contribution in [0.1, 0.15) is 16.1 Å². The number of hydrogen-bond acceptors (Lipinski definition) is 5. The van der Waals surface area contributed by atoms with Gasteiger partial charge in [-0.1, -0.05) is 17.7 Å². The second kappa shape index (κ2) is 6.31. The van der Waals surface area contributed by atoms with Gasteiger partial charge >= 0.3 is 5.97 Å². The van der Waals surface area contributed by atoms with Crippen molar-refractivity contribution in [2.24, 2.45) is 0 Å². The number of methoxy groups -OCH3 is 1. The molecule has 0 aliphatic rings. The molecule has 0 aliphatic heterocycles. The number of hydrogen-bond donors (Lipinski definition) is 0. The average Bonchev–Trinajstić information content (AvgIpc) is 3.29. The van der Waals surface area contributed by atoms with Crippen LogP contribution < -0.4 is 0 Å². The van der Waals surface area contributed by atoms with Crippen molar-refractivity contribution >= 4 is 28.6 Å². The summed E-state index contributed by atoms with van der Waals surface area (Å²) in [6.45, 7) is 1.87. The fourth-order valence-corrected chi connectivity index (χ4v) is 3.10. The van der Waals surface area contributed by atoms with Crippen molar-refractivity contribution in [2.75, 3.05) is 7.11 Å². The fraction of sp³-hybridized carbons (Fsp3) is 0.105. The third-order valence-corrected chi connectivity index (χ3v) is 4.34. The predicted molar refractivity (Wildman–Crippen MR) is 97.7 cm³/mol. The first-order valence-electron chi connectivity index (χ1n) is 7.87. The zero-order valence-electron chi connectivity index (χ0n) is 14.1. The normalized spacial score (nSPS) is 11.0. The molecule has 1 aromatic carbocycles. The van der Waals surface area contributed by atoms with E-state index in [-0.39, 0.29) is 0 Å². The Morgan fingerprint density at radius 2 is 2.08 bits per heavy atom. The Labute approximate surface area is 154 Å². The van der Waals surface area contributed by atoms with Gasteiger partial charge in [-0.15, -0.1) is 5.10 Å². The summed E-state index contributed by atoms with van der Waals surface area (Å²) in [6, 6.07) is 12.5. The number of ether oxygens (including phenoxy) is 1. The molecule has 0 radical (unpaired) electrons. The highest BCUT2D eigenvalue weighted by Gasteiger charge is 2.21. The van der Waals surface area contributed by atoms with E-state index in [1.54, 1.807) is 41.3 Å². The number of pyridine rings is 1. The maximum atomic E-state index is 12.4. The Balaban J connectivity index is 2.01. The second-order valence-electron chi connectivity index (χ2n) is 5.70. The molecule has 0 fully saturated rings. The van der Waals surface area contributed by atoms with Crippen molar-refractivity contribution in [3.63, 3.8) is 0 Å². The summed E-state index contributed by atoms with van der Waals surface area (Å²) in [5, 5.41) is 5.80. The lowest BCUT2D eigenvalue weighted by atomic mass is 10.1. The molecule has 0 N–H and O–H groups in total. The molecule has 0 amide bonds. The molecule has 0 spiro atoms. The molecule has 6 nitrogen and oxygen atoms in total. The minimum Gasteiger partial charge on any atom is -0.465 e. The van der Waals surface area contributed by atoms with E-state index in [4.69, 9.17) is 20.8 Å². The Hall–Kier alpha value is -3.12. The number of aromatic nitrogens is 3. The van der Waals surface area contributed by atoms with E-state index in [9.17, 15) is 4.79 Å². The van der Waals surface area contributed by atoms with Crippen molar-refractivity contribution in [1.29, 1.82) is 0 Å². The molecular formula is C19H14ClN3O3. The molecule has 3 aromatic heterocycles. The van der Waals surface area contributed by atoms with Gasteiger partial charge < -0.3 is 9.15 Å². The molecular weight excluding hydrogens is 354 g/mol. The molecule has 4 rings (SSSR count). The molecule has 130 valence electrons. The first kappa shape index (κ1) is 16.4. The smallest absolute Gasteiger partial charge is 0.338 e. The highest BCUT2D eigenvalue weighted by molar-refractivity contribution is 6.30. The SMILES string of the molecule is COC(=O)c1cc(-c2ccco2)nc2nn(-c3cccc(Cl)c3)c(C)c12. The first-order chi connectivity index (χ1) is 12.6. The zero-order chi connectivity index (χ0) is 18.3. The molecule has 0 bridgehead atoms. The van der Waals surface area contributed by atoms with Crippen LogP contribution in [0.2, 0.25) is 5.02 Å². The van der Waals surface area contributed by atoms with Gasteiger partial charge in [0.2, 0.25) is 0 Å². The van der Waals surface area contributed by atoms with Gasteiger partial charge in [0.15, 0.2) is 11.4 Å². The van der Waals surface area contributed by atoms with Crippen molar-refractivity contribution in [3.8, 4) is 17.1 Å². The van der Waals surface area contributed by atoms with E-state index in [1.165, 1.54) is 7.11 Å². The Morgan fingerprint density at radius 1 is 1.23 bits per heavy atom. The standard InChI is InChI=1S/C19H14ClN3O3/c1-11-17-14(19(24)25-2)10-15(16-7-4-8-26-16)21-18(17)22-23(11)13-6-3-5-12(20)9-13/h3-10H,1-2H3. The minimum absolute atomic E-state index is 0.384. The van der Waals surface area contributed by atoms with Crippen molar-refractivity contribution in [2.45, 2.75) is 6.92 Å². The summed E-state index contributed by atoms with van der Waals surface area (Å²) in [6.07, 6.45) is 1.55. The highest BCUT2D eigenvalue weighted by atomic mass is 35.5. The summed E-state index contributed by atoms with van der Waals surface area (Å²) in [7, 11) is 1.35. The fourth-order valence-electron chi connectivity index (χ4n) is 2.92. The van der Waals surface area contributed by atoms with Gasteiger partial charge in [0.05, 0.1) is 35.7 Å². The lowest BCUT2D eigenvalue weighted by Gasteiger charge is -2.05. The van der Waals surface area contributed by atoms with E-state index >= 15 is 0 Å². The number of rotatable bonds is 3. The van der Waals surface area contributed by atoms with Crippen LogP contribution in [0.4, 0.5) is 0 Å². The largest absolute Gasteiger partial charge is 0.465 e. The Morgan fingerprint density at radius 3 is 2.77 bits per heavy atom. The summed E-state index contributed by atoms with van der Waals surface area (Å²) in [5.41, 5.74) is 2.87. The van der Waals surface area contributed by atoms with Gasteiger partial charge in [0, 0.05) is 5.02 Å². The number of benzene rings is 1. The van der Waals surface area contributed by atoms with Crippen LogP contribution in [0, 0.1) is 6.92 Å². The van der Waals surface area contributed by atoms with E-state index < -0.39 is 5.97 Å². The number of aryl methyl sites for hydroxylation is 1. The highest BCUT2D eigenvalue weighted by Crippen LogP contribution is 2.29. The van der Waals surface area contributed by atoms with Gasteiger partial charge in [-0.25, -0.2) is 14.5 Å². The van der Waals surface area contributed by atoms with Crippen LogP contribution in [0.3, 0.4) is 0 Å². The number of furan rings is 1. The third kappa shape index (κ3) is 2.64. The number of carbonyl (C=O) groups excluding carboxylic acids is 1. The number of halogens is 1. The maximum Gasteiger partial charge on any atom is 0.338 e. The van der Waals surface area contributed by atoms with Crippen LogP contribution in [0.5, 0.6) is 0 Å². The van der Waals surface area contributed by atoms with Crippen LogP contribution >= 0.6 is 11.6 Å². The van der Waals surface area contributed by atoms with E-state index in [0.717, 1.165) is 11.4 Å². The van der Waals surface area contributed by atoms with Crippen molar-refractivity contribution in [3.05, 3.63) is 65.0 Å². The Bertz CT molecular complexity index is 1120. The topological polar surface area (TPSA) is 70.2 Å². The van der Waals surface area contributed by atoms with Crippen LogP contribution in [-0.4, -0.2) is 27.8 Å². The van der Waals surface area contributed by atoms with Gasteiger partial charge in [0.25, 0.3) is 0 Å². The van der Waals surface area contributed by atoms with Crippen LogP contribution in [0.15, 0.2) is 53.1 Å². The summed E-state index contributed by atoms with van der Waals surface area (Å²) >= 11 is 6.10. The minimum atomic E-state index is -0.459. The van der Waals surface area contributed by atoms with Gasteiger partial charge in [-0.2, -0.15) is 0 Å². The second-order valence-corrected chi connectivity index (χ2v) is 6.14. The lowest BCUT2D eigenvalue weighted by molar-refractivity contribution is 0.0603. The molecule has 0 saturated carbocycles. The lowest BCUT2D eigenvalue weighted by Crippen LogP contribution is -2.04. The van der Waals surface area contributed by atoms with Gasteiger partial charge in [-0.05, 0) is 43.3 Å². The molecule has 0 aliphatic carbocycles. The Kier molecular flexibility index (Phi) is 3.97. The number of esters is 1. The summed E-state index contributed by atoms with van der Waals surface area (Å²) < 4.78 is 12.1. The maximum absolute atomic E-state index is 12.4. The van der Waals surface area contributed by atoms with E-state index in [2.05, 4.69) is 10.1 Å². The van der Waals surface area contributed by atoms with Crippen molar-refractivity contribution in [1.82, 2.24) is 14.8 Å². The average molecular weight is 368 g/mol. The molecule has 0 atom stereocenters. The third-order valence-electron chi connectivity index (χ3n) is 4.11. The predicted octanol–water partition coefficient (Wildman–Crippen LogP) is 4.43. The first-order valence-corrected chi connectivity index (χ1v) is 8.25. The number of nitrogens with zero attached hydrogens (tertiary/aromatic N) is 3. The zero-order valence-corrected chi connectivity index (χ0v) is 14.8. The van der Waals surface area contributed by atoms with Crippen LogP contribution in [-0.2, 0) is 4.74 Å². The number of fused-ring (bicyclic) bond motifs is 1. The summed E-state index contributed by atoms with van der Waals surface area (Å²) in [4.78, 5) is 16.9. The monoisotopic (exact) mass is 367 g/mol. The van der Waals surface area contributed by atoms with Crippen molar-refractivity contribution < 1.29 is 13.9 Å². The molecule has 3 heterocycles. The molecule has 7 heteroatoms. The number of carbonyl (C=O) groups is 1.